The fourth-order valence-electron chi connectivity index (χ4n) is 4.72. The van der Waals surface area contributed by atoms with Gasteiger partial charge in [0.25, 0.3) is 0 Å². The third-order valence-corrected chi connectivity index (χ3v) is 7.63. The number of aryl methyl sites for hydroxylation is 1. The van der Waals surface area contributed by atoms with E-state index in [-0.39, 0.29) is 37.7 Å². The van der Waals surface area contributed by atoms with Gasteiger partial charge in [0.1, 0.15) is 11.6 Å². The molecule has 1 fully saturated rings. The lowest BCUT2D eigenvalue weighted by Gasteiger charge is -2.26. The first kappa shape index (κ1) is 27.9. The van der Waals surface area contributed by atoms with Crippen molar-refractivity contribution in [2.24, 2.45) is 5.92 Å². The standard InChI is InChI=1S/C29H33F2N3O3S/c1-2-19-5-3-6-20(9-19)15-32-16-27(35)26(12-21-10-23(30)14-24(31)11-21)33-29(37)22-13-28(36)34(17-22)18-25-7-4-8-38-25/h3-11,14,22,26-27,32,35H,2,12-13,15-18H2,1H3,(H,33,37)/t22?,26-,27+/m0/s1. The quantitative estimate of drug-likeness (QED) is 0.326. The number of halogens is 2. The zero-order valence-electron chi connectivity index (χ0n) is 21.3. The van der Waals surface area contributed by atoms with E-state index in [1.54, 1.807) is 16.2 Å². The number of hydrogen-bond acceptors (Lipinski definition) is 5. The highest BCUT2D eigenvalue weighted by molar-refractivity contribution is 7.09. The number of likely N-dealkylation sites (tertiary alicyclic amines) is 1. The number of thiophene rings is 1. The maximum atomic E-state index is 13.8. The maximum absolute atomic E-state index is 13.8. The predicted octanol–water partition coefficient (Wildman–Crippen LogP) is 3.82. The molecule has 2 heterocycles. The lowest BCUT2D eigenvalue weighted by Crippen LogP contribution is -2.50. The van der Waals surface area contributed by atoms with Gasteiger partial charge in [0.05, 0.1) is 24.6 Å². The van der Waals surface area contributed by atoms with Gasteiger partial charge in [-0.25, -0.2) is 8.78 Å². The fraction of sp³-hybridized carbons (Fsp3) is 0.379. The number of nitrogens with one attached hydrogen (secondary N) is 2. The van der Waals surface area contributed by atoms with Crippen molar-refractivity contribution in [1.82, 2.24) is 15.5 Å². The number of rotatable bonds is 12. The molecule has 0 aliphatic carbocycles. The Kier molecular flexibility index (Phi) is 9.60. The molecule has 9 heteroatoms. The Bertz CT molecular complexity index is 1220. The van der Waals surface area contributed by atoms with Crippen molar-refractivity contribution in [3.05, 3.63) is 93.2 Å². The normalized spacial score (nSPS) is 17.0. The summed E-state index contributed by atoms with van der Waals surface area (Å²) in [6.07, 6.45) is 0.0109. The molecule has 1 aromatic heterocycles. The highest BCUT2D eigenvalue weighted by Gasteiger charge is 2.36. The van der Waals surface area contributed by atoms with Crippen LogP contribution in [0, 0.1) is 17.6 Å². The van der Waals surface area contributed by atoms with Crippen LogP contribution in [0.1, 0.15) is 34.9 Å². The molecule has 202 valence electrons. The molecule has 1 aliphatic heterocycles. The largest absolute Gasteiger partial charge is 0.390 e. The lowest BCUT2D eigenvalue weighted by atomic mass is 9.99. The molecule has 1 unspecified atom stereocenters. The molecule has 2 aromatic carbocycles. The van der Waals surface area contributed by atoms with Gasteiger partial charge in [-0.1, -0.05) is 37.3 Å². The summed E-state index contributed by atoms with van der Waals surface area (Å²) in [5.74, 6) is -2.47. The third-order valence-electron chi connectivity index (χ3n) is 6.76. The van der Waals surface area contributed by atoms with Gasteiger partial charge >= 0.3 is 0 Å². The second-order valence-electron chi connectivity index (χ2n) is 9.72. The Morgan fingerprint density at radius 2 is 1.87 bits per heavy atom. The fourth-order valence-corrected chi connectivity index (χ4v) is 5.44. The van der Waals surface area contributed by atoms with Crippen LogP contribution in [0.25, 0.3) is 0 Å². The van der Waals surface area contributed by atoms with Crippen molar-refractivity contribution in [2.45, 2.75) is 51.4 Å². The van der Waals surface area contributed by atoms with E-state index in [9.17, 15) is 23.5 Å². The van der Waals surface area contributed by atoms with Crippen LogP contribution in [0.5, 0.6) is 0 Å². The minimum Gasteiger partial charge on any atom is -0.390 e. The van der Waals surface area contributed by atoms with Crippen molar-refractivity contribution in [3.63, 3.8) is 0 Å². The Hall–Kier alpha value is -3.14. The summed E-state index contributed by atoms with van der Waals surface area (Å²) in [6.45, 7) is 3.50. The van der Waals surface area contributed by atoms with Crippen LogP contribution in [0.4, 0.5) is 8.78 Å². The summed E-state index contributed by atoms with van der Waals surface area (Å²) in [7, 11) is 0. The van der Waals surface area contributed by atoms with Crippen LogP contribution in [0.2, 0.25) is 0 Å². The average molecular weight is 542 g/mol. The molecule has 0 spiro atoms. The molecule has 4 rings (SSSR count). The first-order valence-electron chi connectivity index (χ1n) is 12.8. The summed E-state index contributed by atoms with van der Waals surface area (Å²) in [4.78, 5) is 28.4. The first-order valence-corrected chi connectivity index (χ1v) is 13.7. The van der Waals surface area contributed by atoms with Crippen LogP contribution < -0.4 is 10.6 Å². The van der Waals surface area contributed by atoms with E-state index in [0.29, 0.717) is 18.7 Å². The van der Waals surface area contributed by atoms with E-state index >= 15 is 0 Å². The molecule has 3 atom stereocenters. The first-order chi connectivity index (χ1) is 18.3. The Balaban J connectivity index is 1.40. The lowest BCUT2D eigenvalue weighted by molar-refractivity contribution is -0.129. The molecule has 0 bridgehead atoms. The van der Waals surface area contributed by atoms with Crippen molar-refractivity contribution >= 4 is 23.2 Å². The minimum absolute atomic E-state index is 0.0359. The van der Waals surface area contributed by atoms with Crippen LogP contribution in [-0.2, 0) is 35.5 Å². The number of benzene rings is 2. The molecule has 0 saturated carbocycles. The Labute approximate surface area is 225 Å². The SMILES string of the molecule is CCc1cccc(CNC[C@@H](O)[C@H](Cc2cc(F)cc(F)c2)NC(=O)C2CC(=O)N(Cc3cccs3)C2)c1. The zero-order chi connectivity index (χ0) is 27.1. The van der Waals surface area contributed by atoms with E-state index in [1.165, 1.54) is 17.7 Å². The molecule has 38 heavy (non-hydrogen) atoms. The van der Waals surface area contributed by atoms with Gasteiger partial charge in [-0.15, -0.1) is 11.3 Å². The Morgan fingerprint density at radius 3 is 2.58 bits per heavy atom. The molecule has 1 saturated heterocycles. The summed E-state index contributed by atoms with van der Waals surface area (Å²) >= 11 is 1.55. The van der Waals surface area contributed by atoms with Gasteiger partial charge in [0.15, 0.2) is 0 Å². The predicted molar refractivity (Wildman–Crippen MR) is 143 cm³/mol. The smallest absolute Gasteiger partial charge is 0.225 e. The summed E-state index contributed by atoms with van der Waals surface area (Å²) in [5.41, 5.74) is 2.60. The van der Waals surface area contributed by atoms with Crippen molar-refractivity contribution in [1.29, 1.82) is 0 Å². The number of aliphatic hydroxyl groups excluding tert-OH is 1. The minimum atomic E-state index is -1.03. The van der Waals surface area contributed by atoms with Crippen molar-refractivity contribution < 1.29 is 23.5 Å². The molecule has 1 aliphatic rings. The Morgan fingerprint density at radius 1 is 1.11 bits per heavy atom. The van der Waals surface area contributed by atoms with Gasteiger partial charge in [0, 0.05) is 37.0 Å². The number of carbonyl (C=O) groups is 2. The third kappa shape index (κ3) is 7.69. The highest BCUT2D eigenvalue weighted by atomic mass is 32.1. The van der Waals surface area contributed by atoms with E-state index < -0.39 is 29.7 Å². The number of amides is 2. The number of aliphatic hydroxyl groups is 1. The summed E-state index contributed by atoms with van der Waals surface area (Å²) in [5, 5.41) is 19.0. The number of nitrogens with zero attached hydrogens (tertiary/aromatic N) is 1. The van der Waals surface area contributed by atoms with E-state index in [4.69, 9.17) is 0 Å². The zero-order valence-corrected chi connectivity index (χ0v) is 22.1. The highest BCUT2D eigenvalue weighted by Crippen LogP contribution is 2.23. The molecular formula is C29H33F2N3O3S. The topological polar surface area (TPSA) is 81.7 Å². The molecule has 0 radical (unpaired) electrons. The molecule has 6 nitrogen and oxygen atoms in total. The van der Waals surface area contributed by atoms with Crippen LogP contribution in [0.3, 0.4) is 0 Å². The van der Waals surface area contributed by atoms with E-state index in [0.717, 1.165) is 22.9 Å². The molecular weight excluding hydrogens is 508 g/mol. The van der Waals surface area contributed by atoms with Crippen LogP contribution in [-0.4, -0.2) is 47.1 Å². The van der Waals surface area contributed by atoms with Crippen molar-refractivity contribution in [2.75, 3.05) is 13.1 Å². The second kappa shape index (κ2) is 13.1. The van der Waals surface area contributed by atoms with Crippen LogP contribution >= 0.6 is 11.3 Å². The van der Waals surface area contributed by atoms with Crippen LogP contribution in [0.15, 0.2) is 60.0 Å². The van der Waals surface area contributed by atoms with Gasteiger partial charge < -0.3 is 20.6 Å². The van der Waals surface area contributed by atoms with E-state index in [2.05, 4.69) is 29.7 Å². The summed E-state index contributed by atoms with van der Waals surface area (Å²) in [6, 6.07) is 14.4. The van der Waals surface area contributed by atoms with Crippen molar-refractivity contribution in [3.8, 4) is 0 Å². The van der Waals surface area contributed by atoms with Gasteiger partial charge in [0.2, 0.25) is 11.8 Å². The average Bonchev–Trinajstić information content (AvgIpc) is 3.53. The monoisotopic (exact) mass is 541 g/mol. The van der Waals surface area contributed by atoms with E-state index in [1.807, 2.05) is 29.6 Å². The van der Waals surface area contributed by atoms with Gasteiger partial charge in [-0.2, -0.15) is 0 Å². The number of hydrogen-bond donors (Lipinski definition) is 3. The maximum Gasteiger partial charge on any atom is 0.225 e. The van der Waals surface area contributed by atoms with Gasteiger partial charge in [-0.3, -0.25) is 9.59 Å². The molecule has 3 N–H and O–H groups in total. The van der Waals surface area contributed by atoms with Gasteiger partial charge in [-0.05, 0) is 53.1 Å². The molecule has 2 amide bonds. The summed E-state index contributed by atoms with van der Waals surface area (Å²) < 4.78 is 27.7. The molecule has 3 aromatic rings. The number of carbonyl (C=O) groups excluding carboxylic acids is 2. The second-order valence-corrected chi connectivity index (χ2v) is 10.8.